The molecule has 32 heteroatoms. The molecule has 1 saturated carbocycles. The molecular formula is C88H93N27O5. The number of para-hydroxylation sites is 3. The van der Waals surface area contributed by atoms with Crippen LogP contribution in [-0.2, 0) is 32.0 Å². The van der Waals surface area contributed by atoms with Crippen LogP contribution in [0.3, 0.4) is 0 Å². The Morgan fingerprint density at radius 3 is 1.20 bits per heavy atom. The van der Waals surface area contributed by atoms with E-state index in [0.29, 0.717) is 85.1 Å². The van der Waals surface area contributed by atoms with Crippen LogP contribution in [0.1, 0.15) is 83.8 Å². The van der Waals surface area contributed by atoms with Gasteiger partial charge in [-0.3, -0.25) is 19.2 Å². The van der Waals surface area contributed by atoms with E-state index in [1.54, 1.807) is 106 Å². The Morgan fingerprint density at radius 1 is 0.400 bits per heavy atom. The van der Waals surface area contributed by atoms with Crippen molar-refractivity contribution in [2.75, 3.05) is 67.1 Å². The molecule has 8 aromatic heterocycles. The number of aryl methyl sites for hydroxylation is 1. The second kappa shape index (κ2) is 41.8. The molecule has 2 fully saturated rings. The molecule has 2 aliphatic rings. The molecular weight excluding hydrogens is 1520 g/mol. The highest BCUT2D eigenvalue weighted by Gasteiger charge is 2.32. The quantitative estimate of drug-likeness (QED) is 0.0243. The number of aromatic nitrogens is 16. The second-order valence-corrected chi connectivity index (χ2v) is 28.4. The van der Waals surface area contributed by atoms with Gasteiger partial charge in [0.25, 0.3) is 0 Å². The summed E-state index contributed by atoms with van der Waals surface area (Å²) in [7, 11) is 0. The molecule has 0 radical (unpaired) electrons. The summed E-state index contributed by atoms with van der Waals surface area (Å²) >= 11 is 0. The summed E-state index contributed by atoms with van der Waals surface area (Å²) in [5.74, 6) is 4.67. The third-order valence-electron chi connectivity index (χ3n) is 19.1. The molecule has 0 spiro atoms. The molecule has 120 heavy (non-hydrogen) atoms. The van der Waals surface area contributed by atoms with Gasteiger partial charge in [-0.2, -0.15) is 19.9 Å². The number of benzene rings is 6. The summed E-state index contributed by atoms with van der Waals surface area (Å²) in [5, 5.41) is 44.6. The van der Waals surface area contributed by atoms with Crippen LogP contribution >= 0.6 is 0 Å². The van der Waals surface area contributed by atoms with Crippen molar-refractivity contribution >= 4 is 105 Å². The van der Waals surface area contributed by atoms with Gasteiger partial charge in [-0.05, 0) is 142 Å². The molecule has 6 aromatic carbocycles. The Balaban J connectivity index is 0.000000139. The number of amides is 6. The summed E-state index contributed by atoms with van der Waals surface area (Å²) in [5.41, 5.74) is 9.45. The lowest BCUT2D eigenvalue weighted by atomic mass is 10.0. The average Bonchev–Trinajstić information content (AvgIpc) is 1.15. The van der Waals surface area contributed by atoms with E-state index in [-0.39, 0.29) is 41.7 Å². The van der Waals surface area contributed by atoms with E-state index in [1.165, 1.54) is 12.8 Å². The number of piperazine rings is 1. The second-order valence-electron chi connectivity index (χ2n) is 28.4. The molecule has 2 atom stereocenters. The number of carbonyl (C=O) groups excluding carboxylic acids is 5. The number of pyridine rings is 4. The molecule has 0 unspecified atom stereocenters. The zero-order valence-corrected chi connectivity index (χ0v) is 66.8. The maximum Gasteiger partial charge on any atom is 0.319 e. The highest BCUT2D eigenvalue weighted by Crippen LogP contribution is 2.29. The van der Waals surface area contributed by atoms with Crippen LogP contribution in [0, 0.1) is 5.92 Å². The summed E-state index contributed by atoms with van der Waals surface area (Å²) in [6, 6.07) is 70.6. The Hall–Kier alpha value is -15.4. The maximum absolute atomic E-state index is 12.2. The molecule has 6 amide bonds. The van der Waals surface area contributed by atoms with Crippen molar-refractivity contribution in [2.45, 2.75) is 97.6 Å². The number of urea groups is 1. The number of hydrogen-bond donors (Lipinski definition) is 9. The minimum atomic E-state index is -0.223. The first-order chi connectivity index (χ1) is 58.6. The summed E-state index contributed by atoms with van der Waals surface area (Å²) in [6.45, 7) is 9.82. The van der Waals surface area contributed by atoms with Crippen LogP contribution in [0.2, 0.25) is 0 Å². The molecule has 610 valence electrons. The predicted octanol–water partition coefficient (Wildman–Crippen LogP) is 14.9. The van der Waals surface area contributed by atoms with Gasteiger partial charge in [0, 0.05) is 129 Å². The molecule has 0 bridgehead atoms. The normalized spacial score (nSPS) is 13.4. The van der Waals surface area contributed by atoms with Gasteiger partial charge in [0.1, 0.15) is 48.6 Å². The molecule has 1 saturated heterocycles. The number of nitrogens with one attached hydrogen (secondary N) is 9. The molecule has 1 aliphatic heterocycles. The van der Waals surface area contributed by atoms with Crippen molar-refractivity contribution in [2.24, 2.45) is 5.92 Å². The third kappa shape index (κ3) is 24.8. The molecule has 1 aliphatic carbocycles. The first-order valence-corrected chi connectivity index (χ1v) is 39.5. The summed E-state index contributed by atoms with van der Waals surface area (Å²) in [4.78, 5) is 99.1. The van der Waals surface area contributed by atoms with Gasteiger partial charge in [0.2, 0.25) is 47.4 Å². The van der Waals surface area contributed by atoms with Crippen LogP contribution in [0.15, 0.2) is 275 Å². The van der Waals surface area contributed by atoms with Crippen molar-refractivity contribution in [3.63, 3.8) is 0 Å². The van der Waals surface area contributed by atoms with Crippen molar-refractivity contribution in [1.82, 2.24) is 89.2 Å². The van der Waals surface area contributed by atoms with E-state index in [0.717, 1.165) is 94.8 Å². The van der Waals surface area contributed by atoms with Crippen LogP contribution in [-0.4, -0.2) is 145 Å². The number of carbonyl (C=O) groups is 5. The standard InChI is InChI=1S/C25H33N9O2.C22H20N6O.C21H18N6O.C20H22N6O/c1-5-11-27-25(36)30-21-8-6-20(7-9-21)29-24-28-16-33(31-24)22-10-12-26-23(13-22)32-14-17(2)34(19(4)35)18(3)15-32;29-21(12-11-17-7-3-1-4-8-17)26-20-15-19(13-14-23-20)28-16-24-22(27-28)25-18-9-5-2-6-10-18;28-20(13-16-7-3-1-4-8-16)25-19-14-18(11-12-22-19)27-15-23-21(26-27)24-17-9-5-2-6-10-17;27-19(12-15-6-4-5-7-15)24-18-13-17(10-11-21-18)26-14-22-20(25-26)23-16-8-2-1-3-9-16/h6-10,12-13,16-18H,5,11,14-15H2,1-4H3,(H,29,31)(H2,27,30,36);1-10,13-16H,11-12H2,(H,25,27)(H,23,26,29);1-12,14-15H,13H2,(H,24,26)(H,22,25,28);1-3,8-11,13-15H,4-7,12H2,(H,23,25)(H,21,24,27)/t17-,18+;;;. The third-order valence-corrected chi connectivity index (χ3v) is 19.1. The van der Waals surface area contributed by atoms with E-state index in [4.69, 9.17) is 0 Å². The minimum Gasteiger partial charge on any atom is -0.352 e. The summed E-state index contributed by atoms with van der Waals surface area (Å²) < 4.78 is 6.60. The van der Waals surface area contributed by atoms with Crippen LogP contribution in [0.4, 0.5) is 80.3 Å². The lowest BCUT2D eigenvalue weighted by Crippen LogP contribution is -2.58. The van der Waals surface area contributed by atoms with Crippen LogP contribution in [0.5, 0.6) is 0 Å². The molecule has 9 N–H and O–H groups in total. The average molecular weight is 1610 g/mol. The number of anilines is 13. The SMILES string of the molecule is CCCNC(=O)Nc1ccc(Nc2ncn(-c3ccnc(N4C[C@@H](C)N(C(C)=O)[C@@H](C)C4)c3)n2)cc1.O=C(CC1CCCC1)Nc1cc(-n2cnc(Nc3ccccc3)n2)ccn1.O=C(CCc1ccccc1)Nc1cc(-n2cnc(Nc3ccccc3)n2)ccn1.O=C(Cc1ccccc1)Nc1cc(-n2cnc(Nc3ccccc3)n2)ccn1. The Bertz CT molecular complexity index is 5600. The van der Waals surface area contributed by atoms with E-state index >= 15 is 0 Å². The molecule has 14 aromatic rings. The van der Waals surface area contributed by atoms with Gasteiger partial charge in [-0.25, -0.2) is 43.5 Å². The van der Waals surface area contributed by atoms with Crippen molar-refractivity contribution < 1.29 is 24.0 Å². The van der Waals surface area contributed by atoms with Gasteiger partial charge in [0.05, 0.1) is 29.2 Å². The lowest BCUT2D eigenvalue weighted by molar-refractivity contribution is -0.133. The molecule has 9 heterocycles. The van der Waals surface area contributed by atoms with Crippen LogP contribution in [0.25, 0.3) is 22.7 Å². The highest BCUT2D eigenvalue weighted by atomic mass is 16.2. The van der Waals surface area contributed by atoms with Crippen molar-refractivity contribution in [3.05, 3.63) is 286 Å². The maximum atomic E-state index is 12.2. The van der Waals surface area contributed by atoms with Gasteiger partial charge in [-0.1, -0.05) is 135 Å². The smallest absolute Gasteiger partial charge is 0.319 e. The monoisotopic (exact) mass is 1610 g/mol. The van der Waals surface area contributed by atoms with Crippen LogP contribution < -0.4 is 52.8 Å². The van der Waals surface area contributed by atoms with E-state index in [9.17, 15) is 24.0 Å². The fraction of sp³-hybridized carbons (Fsp3) is 0.216. The van der Waals surface area contributed by atoms with Crippen molar-refractivity contribution in [1.29, 1.82) is 0 Å². The molecule has 16 rings (SSSR count). The summed E-state index contributed by atoms with van der Waals surface area (Å²) in [6.07, 6.45) is 20.8. The Kier molecular flexibility index (Phi) is 28.8. The van der Waals surface area contributed by atoms with Crippen molar-refractivity contribution in [3.8, 4) is 22.7 Å². The lowest BCUT2D eigenvalue weighted by Gasteiger charge is -2.44. The predicted molar refractivity (Wildman–Crippen MR) is 464 cm³/mol. The van der Waals surface area contributed by atoms with E-state index < -0.39 is 0 Å². The van der Waals surface area contributed by atoms with E-state index in [2.05, 4.69) is 127 Å². The van der Waals surface area contributed by atoms with Gasteiger partial charge in [0.15, 0.2) is 0 Å². The number of nitrogens with zero attached hydrogens (tertiary/aromatic N) is 18. The number of hydrogen-bond acceptors (Lipinski definition) is 22. The fourth-order valence-corrected chi connectivity index (χ4v) is 13.4. The number of rotatable bonds is 26. The van der Waals surface area contributed by atoms with Gasteiger partial charge >= 0.3 is 6.03 Å². The minimum absolute atomic E-state index is 0.0246. The zero-order valence-electron chi connectivity index (χ0n) is 66.8. The Morgan fingerprint density at radius 2 is 0.775 bits per heavy atom. The molecule has 32 nitrogen and oxygen atoms in total. The van der Waals surface area contributed by atoms with Gasteiger partial charge < -0.3 is 57.7 Å². The first kappa shape index (κ1) is 82.6. The Labute approximate surface area is 693 Å². The fourth-order valence-electron chi connectivity index (χ4n) is 13.4. The van der Waals surface area contributed by atoms with Gasteiger partial charge in [-0.15, -0.1) is 20.4 Å². The topological polar surface area (TPSA) is 374 Å². The largest absolute Gasteiger partial charge is 0.352 e. The highest BCUT2D eigenvalue weighted by molar-refractivity contribution is 5.92. The van der Waals surface area contributed by atoms with E-state index in [1.807, 2.05) is 206 Å². The first-order valence-electron chi connectivity index (χ1n) is 39.5. The zero-order chi connectivity index (χ0) is 83.2.